The van der Waals surface area contributed by atoms with E-state index in [1.807, 2.05) is 13.0 Å². The Balaban J connectivity index is 2.05. The van der Waals surface area contributed by atoms with Crippen LogP contribution in [0.5, 0.6) is 5.75 Å². The van der Waals surface area contributed by atoms with Crippen molar-refractivity contribution in [3.63, 3.8) is 0 Å². The van der Waals surface area contributed by atoms with E-state index in [4.69, 9.17) is 4.74 Å². The molecule has 0 heterocycles. The number of hydrogen-bond acceptors (Lipinski definition) is 3. The van der Waals surface area contributed by atoms with Crippen molar-refractivity contribution in [2.75, 3.05) is 6.61 Å². The van der Waals surface area contributed by atoms with E-state index in [9.17, 15) is 5.11 Å². The van der Waals surface area contributed by atoms with E-state index in [0.29, 0.717) is 12.6 Å². The van der Waals surface area contributed by atoms with Gasteiger partial charge in [-0.05, 0) is 47.8 Å². The van der Waals surface area contributed by atoms with Crippen molar-refractivity contribution in [2.24, 2.45) is 0 Å². The highest BCUT2D eigenvalue weighted by molar-refractivity contribution is 9.11. The first-order valence-electron chi connectivity index (χ1n) is 6.12. The van der Waals surface area contributed by atoms with Crippen LogP contribution >= 0.6 is 31.9 Å². The molecular formula is C13H17Br2NO2. The van der Waals surface area contributed by atoms with Crippen LogP contribution in [0.3, 0.4) is 0 Å². The zero-order valence-corrected chi connectivity index (χ0v) is 13.4. The number of rotatable bonds is 5. The van der Waals surface area contributed by atoms with Gasteiger partial charge in [-0.2, -0.15) is 0 Å². The van der Waals surface area contributed by atoms with E-state index in [1.165, 1.54) is 0 Å². The second-order valence-electron chi connectivity index (χ2n) is 4.51. The fraction of sp³-hybridized carbons (Fsp3) is 0.538. The van der Waals surface area contributed by atoms with Crippen LogP contribution in [0, 0.1) is 0 Å². The van der Waals surface area contributed by atoms with Crippen LogP contribution in [-0.2, 0) is 6.54 Å². The summed E-state index contributed by atoms with van der Waals surface area (Å²) in [6.45, 7) is 3.38. The van der Waals surface area contributed by atoms with Crippen molar-refractivity contribution < 1.29 is 9.84 Å². The Morgan fingerprint density at radius 3 is 2.72 bits per heavy atom. The summed E-state index contributed by atoms with van der Waals surface area (Å²) in [6.07, 6.45) is 1.57. The first-order chi connectivity index (χ1) is 8.60. The van der Waals surface area contributed by atoms with Gasteiger partial charge in [0.25, 0.3) is 0 Å². The molecule has 0 unspecified atom stereocenters. The van der Waals surface area contributed by atoms with Gasteiger partial charge in [-0.3, -0.25) is 0 Å². The maximum absolute atomic E-state index is 9.26. The van der Waals surface area contributed by atoms with E-state index < -0.39 is 0 Å². The maximum atomic E-state index is 9.26. The lowest BCUT2D eigenvalue weighted by molar-refractivity contribution is 0.0618. The summed E-state index contributed by atoms with van der Waals surface area (Å²) in [4.78, 5) is 0. The number of aliphatic hydroxyl groups is 1. The summed E-state index contributed by atoms with van der Waals surface area (Å²) in [6, 6.07) is 4.48. The Morgan fingerprint density at radius 2 is 2.11 bits per heavy atom. The molecule has 2 N–H and O–H groups in total. The highest BCUT2D eigenvalue weighted by Gasteiger charge is 2.26. The molecule has 0 spiro atoms. The molecule has 0 saturated heterocycles. The fourth-order valence-electron chi connectivity index (χ4n) is 2.06. The summed E-state index contributed by atoms with van der Waals surface area (Å²) < 4.78 is 7.66. The van der Waals surface area contributed by atoms with Gasteiger partial charge in [0.05, 0.1) is 17.2 Å². The van der Waals surface area contributed by atoms with Crippen molar-refractivity contribution in [3.05, 3.63) is 26.6 Å². The van der Waals surface area contributed by atoms with E-state index in [-0.39, 0.29) is 6.10 Å². The van der Waals surface area contributed by atoms with Gasteiger partial charge in [-0.1, -0.05) is 15.9 Å². The number of ether oxygens (including phenoxy) is 1. The molecule has 5 heteroatoms. The van der Waals surface area contributed by atoms with Crippen molar-refractivity contribution in [1.29, 1.82) is 0 Å². The lowest BCUT2D eigenvalue weighted by Crippen LogP contribution is -2.43. The van der Waals surface area contributed by atoms with Gasteiger partial charge in [0.1, 0.15) is 5.75 Å². The Hall–Kier alpha value is -0.100. The van der Waals surface area contributed by atoms with E-state index in [0.717, 1.165) is 39.6 Å². The molecule has 0 amide bonds. The third-order valence-corrected chi connectivity index (χ3v) is 4.12. The highest BCUT2D eigenvalue weighted by Crippen LogP contribution is 2.33. The fourth-order valence-corrected chi connectivity index (χ4v) is 3.49. The molecule has 1 aliphatic rings. The number of hydrogen-bond donors (Lipinski definition) is 2. The lowest BCUT2D eigenvalue weighted by atomic mass is 9.89. The topological polar surface area (TPSA) is 41.5 Å². The average Bonchev–Trinajstić information content (AvgIpc) is 2.27. The molecule has 0 aliphatic heterocycles. The SMILES string of the molecule is CCOc1c(Br)cc(Br)cc1CNC1CC(O)C1. The van der Waals surface area contributed by atoms with Gasteiger partial charge in [0.2, 0.25) is 0 Å². The predicted molar refractivity (Wildman–Crippen MR) is 78.9 cm³/mol. The number of nitrogens with one attached hydrogen (secondary N) is 1. The van der Waals surface area contributed by atoms with Crippen LogP contribution in [0.2, 0.25) is 0 Å². The zero-order chi connectivity index (χ0) is 13.1. The average molecular weight is 379 g/mol. The number of benzene rings is 1. The quantitative estimate of drug-likeness (QED) is 0.826. The standard InChI is InChI=1S/C13H17Br2NO2/c1-2-18-13-8(3-9(14)4-12(13)15)7-16-10-5-11(17)6-10/h3-4,10-11,16-17H,2,5-7H2,1H3. The molecule has 1 aromatic rings. The molecule has 1 fully saturated rings. The molecule has 0 bridgehead atoms. The largest absolute Gasteiger partial charge is 0.492 e. The van der Waals surface area contributed by atoms with E-state index in [2.05, 4.69) is 43.2 Å². The van der Waals surface area contributed by atoms with Gasteiger partial charge >= 0.3 is 0 Å². The summed E-state index contributed by atoms with van der Waals surface area (Å²) >= 11 is 7.02. The minimum absolute atomic E-state index is 0.122. The predicted octanol–water partition coefficient (Wildman–Crippen LogP) is 3.22. The van der Waals surface area contributed by atoms with Gasteiger partial charge in [0, 0.05) is 22.6 Å². The van der Waals surface area contributed by atoms with Gasteiger partial charge in [-0.25, -0.2) is 0 Å². The van der Waals surface area contributed by atoms with E-state index in [1.54, 1.807) is 0 Å². The Labute approximate surface area is 124 Å². The minimum Gasteiger partial charge on any atom is -0.492 e. The molecule has 100 valence electrons. The van der Waals surface area contributed by atoms with Crippen molar-refractivity contribution in [2.45, 2.75) is 38.5 Å². The molecule has 2 rings (SSSR count). The monoisotopic (exact) mass is 377 g/mol. The van der Waals surface area contributed by atoms with Gasteiger partial charge in [0.15, 0.2) is 0 Å². The number of aliphatic hydroxyl groups excluding tert-OH is 1. The maximum Gasteiger partial charge on any atom is 0.138 e. The molecule has 0 aromatic heterocycles. The second kappa shape index (κ2) is 6.37. The third-order valence-electron chi connectivity index (χ3n) is 3.07. The van der Waals surface area contributed by atoms with Gasteiger partial charge < -0.3 is 15.2 Å². The van der Waals surface area contributed by atoms with Gasteiger partial charge in [-0.15, -0.1) is 0 Å². The van der Waals surface area contributed by atoms with Crippen LogP contribution < -0.4 is 10.1 Å². The van der Waals surface area contributed by atoms with Crippen molar-refractivity contribution in [1.82, 2.24) is 5.32 Å². The first kappa shape index (κ1) is 14.3. The summed E-state index contributed by atoms with van der Waals surface area (Å²) in [7, 11) is 0. The minimum atomic E-state index is -0.122. The first-order valence-corrected chi connectivity index (χ1v) is 7.71. The lowest BCUT2D eigenvalue weighted by Gasteiger charge is -2.32. The zero-order valence-electron chi connectivity index (χ0n) is 10.2. The second-order valence-corrected chi connectivity index (χ2v) is 6.28. The molecule has 1 aromatic carbocycles. The van der Waals surface area contributed by atoms with Crippen LogP contribution in [-0.4, -0.2) is 23.9 Å². The van der Waals surface area contributed by atoms with Crippen molar-refractivity contribution in [3.8, 4) is 5.75 Å². The van der Waals surface area contributed by atoms with Crippen LogP contribution in [0.15, 0.2) is 21.1 Å². The van der Waals surface area contributed by atoms with Crippen LogP contribution in [0.4, 0.5) is 0 Å². The molecule has 1 aliphatic carbocycles. The Morgan fingerprint density at radius 1 is 1.39 bits per heavy atom. The molecule has 0 atom stereocenters. The molecule has 0 radical (unpaired) electrons. The molecular weight excluding hydrogens is 362 g/mol. The summed E-state index contributed by atoms with van der Waals surface area (Å²) in [5.41, 5.74) is 1.12. The Kier molecular flexibility index (Phi) is 5.06. The van der Waals surface area contributed by atoms with Crippen molar-refractivity contribution >= 4 is 31.9 Å². The summed E-state index contributed by atoms with van der Waals surface area (Å²) in [5.74, 6) is 0.896. The third kappa shape index (κ3) is 3.47. The smallest absolute Gasteiger partial charge is 0.138 e. The Bertz CT molecular complexity index is 420. The number of halogens is 2. The summed E-state index contributed by atoms with van der Waals surface area (Å²) in [5, 5.41) is 12.7. The highest BCUT2D eigenvalue weighted by atomic mass is 79.9. The van der Waals surface area contributed by atoms with Crippen LogP contribution in [0.1, 0.15) is 25.3 Å². The van der Waals surface area contributed by atoms with Crippen LogP contribution in [0.25, 0.3) is 0 Å². The normalized spacial score (nSPS) is 22.7. The molecule has 18 heavy (non-hydrogen) atoms. The molecule has 3 nitrogen and oxygen atoms in total. The van der Waals surface area contributed by atoms with E-state index >= 15 is 0 Å². The molecule has 1 saturated carbocycles.